The molecule has 1 unspecified atom stereocenters. The maximum atomic E-state index is 12.2. The minimum Gasteiger partial charge on any atom is -0.484 e. The van der Waals surface area contributed by atoms with Gasteiger partial charge in [0.05, 0.1) is 0 Å². The van der Waals surface area contributed by atoms with E-state index in [1.807, 2.05) is 48.2 Å². The van der Waals surface area contributed by atoms with Gasteiger partial charge in [-0.1, -0.05) is 32.9 Å². The fraction of sp³-hybridized carbons (Fsp3) is 0.440. The summed E-state index contributed by atoms with van der Waals surface area (Å²) in [6.45, 7) is 9.38. The second kappa shape index (κ2) is 10.8. The topological polar surface area (TPSA) is 61.9 Å². The van der Waals surface area contributed by atoms with Gasteiger partial charge in [-0.3, -0.25) is 9.59 Å². The summed E-state index contributed by atoms with van der Waals surface area (Å²) in [6, 6.07) is 15.7. The fourth-order valence-electron chi connectivity index (χ4n) is 3.67. The molecule has 3 rings (SSSR count). The van der Waals surface area contributed by atoms with E-state index in [0.717, 1.165) is 44.0 Å². The minimum atomic E-state index is -0.189. The highest BCUT2D eigenvalue weighted by Crippen LogP contribution is 2.22. The summed E-state index contributed by atoms with van der Waals surface area (Å²) in [5.41, 5.74) is 3.11. The Kier molecular flexibility index (Phi) is 7.93. The lowest BCUT2D eigenvalue weighted by Crippen LogP contribution is -2.48. The third-order valence-corrected chi connectivity index (χ3v) is 5.88. The van der Waals surface area contributed by atoms with E-state index >= 15 is 0 Å². The molecule has 2 aromatic carbocycles. The van der Waals surface area contributed by atoms with Gasteiger partial charge >= 0.3 is 0 Å². The highest BCUT2D eigenvalue weighted by atomic mass is 16.5. The number of rotatable bonds is 8. The molecule has 1 fully saturated rings. The predicted molar refractivity (Wildman–Crippen MR) is 125 cm³/mol. The van der Waals surface area contributed by atoms with Crippen molar-refractivity contribution >= 4 is 23.2 Å². The van der Waals surface area contributed by atoms with Crippen molar-refractivity contribution < 1.29 is 14.3 Å². The number of amides is 2. The van der Waals surface area contributed by atoms with E-state index < -0.39 is 0 Å². The smallest absolute Gasteiger partial charge is 0.262 e. The van der Waals surface area contributed by atoms with Crippen molar-refractivity contribution in [2.24, 2.45) is 0 Å². The molecule has 2 amide bonds. The maximum Gasteiger partial charge on any atom is 0.262 e. The van der Waals surface area contributed by atoms with E-state index in [0.29, 0.717) is 18.1 Å². The first-order valence-corrected chi connectivity index (χ1v) is 11.2. The summed E-state index contributed by atoms with van der Waals surface area (Å²) in [5.74, 6) is 1.23. The molecule has 1 atom stereocenters. The van der Waals surface area contributed by atoms with Crippen LogP contribution >= 0.6 is 0 Å². The van der Waals surface area contributed by atoms with Gasteiger partial charge in [-0.05, 0) is 54.3 Å². The van der Waals surface area contributed by atoms with Gasteiger partial charge in [-0.25, -0.2) is 0 Å². The van der Waals surface area contributed by atoms with Crippen molar-refractivity contribution in [1.82, 2.24) is 4.90 Å². The minimum absolute atomic E-state index is 0.0299. The lowest BCUT2D eigenvalue weighted by molar-refractivity contribution is -0.131. The van der Waals surface area contributed by atoms with Crippen LogP contribution < -0.4 is 15.0 Å². The standard InChI is InChI=1S/C25H33N3O3/c1-4-19(3)20-6-12-23(13-7-20)31-18-24(29)26-21-8-10-22(11-9-21)27-14-16-28(17-15-27)25(30)5-2/h6-13,19H,4-5,14-18H2,1-3H3,(H,26,29). The van der Waals surface area contributed by atoms with Crippen LogP contribution in [0.15, 0.2) is 48.5 Å². The summed E-state index contributed by atoms with van der Waals surface area (Å²) in [7, 11) is 0. The first kappa shape index (κ1) is 22.7. The lowest BCUT2D eigenvalue weighted by atomic mass is 9.99. The Morgan fingerprint density at radius 1 is 0.968 bits per heavy atom. The summed E-state index contributed by atoms with van der Waals surface area (Å²) in [6.07, 6.45) is 1.65. The number of hydrogen-bond acceptors (Lipinski definition) is 4. The van der Waals surface area contributed by atoms with E-state index in [1.165, 1.54) is 5.56 Å². The third kappa shape index (κ3) is 6.23. The van der Waals surface area contributed by atoms with E-state index in [4.69, 9.17) is 4.74 Å². The van der Waals surface area contributed by atoms with Crippen molar-refractivity contribution in [3.05, 3.63) is 54.1 Å². The van der Waals surface area contributed by atoms with Gasteiger partial charge < -0.3 is 19.9 Å². The highest BCUT2D eigenvalue weighted by Gasteiger charge is 2.20. The number of ether oxygens (including phenoxy) is 1. The van der Waals surface area contributed by atoms with Crippen molar-refractivity contribution in [3.63, 3.8) is 0 Å². The molecule has 0 aromatic heterocycles. The average Bonchev–Trinajstić information content (AvgIpc) is 2.82. The lowest BCUT2D eigenvalue weighted by Gasteiger charge is -2.36. The SMILES string of the molecule is CCC(=O)N1CCN(c2ccc(NC(=O)COc3ccc(C(C)CC)cc3)cc2)CC1. The quantitative estimate of drug-likeness (QED) is 0.689. The second-order valence-corrected chi connectivity index (χ2v) is 7.98. The first-order valence-electron chi connectivity index (χ1n) is 11.2. The molecule has 6 nitrogen and oxygen atoms in total. The third-order valence-electron chi connectivity index (χ3n) is 5.88. The monoisotopic (exact) mass is 423 g/mol. The summed E-state index contributed by atoms with van der Waals surface area (Å²) in [4.78, 5) is 28.2. The summed E-state index contributed by atoms with van der Waals surface area (Å²) in [5, 5.41) is 2.88. The number of carbonyl (C=O) groups is 2. The van der Waals surface area contributed by atoms with Gasteiger partial charge in [0, 0.05) is 44.0 Å². The molecule has 6 heteroatoms. The van der Waals surface area contributed by atoms with Crippen molar-refractivity contribution in [1.29, 1.82) is 0 Å². The first-order chi connectivity index (χ1) is 15.0. The number of anilines is 2. The van der Waals surface area contributed by atoms with Crippen LogP contribution in [0.5, 0.6) is 5.75 Å². The van der Waals surface area contributed by atoms with Gasteiger partial charge in [0.1, 0.15) is 5.75 Å². The van der Waals surface area contributed by atoms with Gasteiger partial charge in [0.25, 0.3) is 5.91 Å². The van der Waals surface area contributed by atoms with Crippen molar-refractivity contribution in [2.75, 3.05) is 43.0 Å². The van der Waals surface area contributed by atoms with Crippen LogP contribution in [0, 0.1) is 0 Å². The van der Waals surface area contributed by atoms with Crippen LogP contribution in [0.1, 0.15) is 45.1 Å². The molecule has 0 spiro atoms. The summed E-state index contributed by atoms with van der Waals surface area (Å²) >= 11 is 0. The fourth-order valence-corrected chi connectivity index (χ4v) is 3.67. The maximum absolute atomic E-state index is 12.2. The highest BCUT2D eigenvalue weighted by molar-refractivity contribution is 5.92. The van der Waals surface area contributed by atoms with Gasteiger partial charge in [0.15, 0.2) is 6.61 Å². The molecule has 1 N–H and O–H groups in total. The molecule has 0 bridgehead atoms. The van der Waals surface area contributed by atoms with E-state index in [-0.39, 0.29) is 18.4 Å². The zero-order valence-electron chi connectivity index (χ0n) is 18.8. The van der Waals surface area contributed by atoms with Crippen LogP contribution in [0.25, 0.3) is 0 Å². The van der Waals surface area contributed by atoms with Gasteiger partial charge in [-0.2, -0.15) is 0 Å². The zero-order valence-corrected chi connectivity index (χ0v) is 18.8. The number of nitrogens with one attached hydrogen (secondary N) is 1. The number of benzene rings is 2. The molecule has 0 aliphatic carbocycles. The molecule has 2 aromatic rings. The number of carbonyl (C=O) groups excluding carboxylic acids is 2. The van der Waals surface area contributed by atoms with E-state index in [9.17, 15) is 9.59 Å². The Balaban J connectivity index is 1.45. The normalized spacial score (nSPS) is 14.8. The Morgan fingerprint density at radius 3 is 2.19 bits per heavy atom. The summed E-state index contributed by atoms with van der Waals surface area (Å²) < 4.78 is 5.61. The molecular weight excluding hydrogens is 390 g/mol. The molecule has 166 valence electrons. The Bertz CT molecular complexity index is 857. The molecule has 1 heterocycles. The molecule has 0 saturated carbocycles. The van der Waals surface area contributed by atoms with E-state index in [2.05, 4.69) is 36.2 Å². The van der Waals surface area contributed by atoms with Crippen LogP contribution in [0.3, 0.4) is 0 Å². The molecule has 1 aliphatic rings. The van der Waals surface area contributed by atoms with Crippen LogP contribution in [-0.4, -0.2) is 49.5 Å². The Hall–Kier alpha value is -3.02. The number of piperazine rings is 1. The Labute approximate surface area is 185 Å². The molecule has 1 saturated heterocycles. The van der Waals surface area contributed by atoms with Crippen molar-refractivity contribution in [3.8, 4) is 5.75 Å². The number of hydrogen-bond donors (Lipinski definition) is 1. The number of nitrogens with zero attached hydrogens (tertiary/aromatic N) is 2. The second-order valence-electron chi connectivity index (χ2n) is 7.98. The molecule has 31 heavy (non-hydrogen) atoms. The van der Waals surface area contributed by atoms with Gasteiger partial charge in [0.2, 0.25) is 5.91 Å². The van der Waals surface area contributed by atoms with Crippen LogP contribution in [-0.2, 0) is 9.59 Å². The van der Waals surface area contributed by atoms with Crippen LogP contribution in [0.4, 0.5) is 11.4 Å². The molecule has 1 aliphatic heterocycles. The van der Waals surface area contributed by atoms with Crippen LogP contribution in [0.2, 0.25) is 0 Å². The Morgan fingerprint density at radius 2 is 1.61 bits per heavy atom. The average molecular weight is 424 g/mol. The van der Waals surface area contributed by atoms with E-state index in [1.54, 1.807) is 0 Å². The largest absolute Gasteiger partial charge is 0.484 e. The van der Waals surface area contributed by atoms with Gasteiger partial charge in [-0.15, -0.1) is 0 Å². The van der Waals surface area contributed by atoms with Crippen molar-refractivity contribution in [2.45, 2.75) is 39.5 Å². The zero-order chi connectivity index (χ0) is 22.2. The molecule has 0 radical (unpaired) electrons. The predicted octanol–water partition coefficient (Wildman–Crippen LogP) is 4.28. The molecular formula is C25H33N3O3.